The Balaban J connectivity index is 2.36. The minimum atomic E-state index is -0.611. The second-order valence-corrected chi connectivity index (χ2v) is 2.19. The summed E-state index contributed by atoms with van der Waals surface area (Å²) in [5, 5.41) is 0. The minimum absolute atomic E-state index is 0.104. The van der Waals surface area contributed by atoms with Crippen LogP contribution < -0.4 is 11.5 Å². The summed E-state index contributed by atoms with van der Waals surface area (Å²) >= 11 is 0. The number of hydrogen-bond donors (Lipinski definition) is 2. The van der Waals surface area contributed by atoms with Crippen molar-refractivity contribution in [2.75, 3.05) is 6.61 Å². The second-order valence-electron chi connectivity index (χ2n) is 2.19. The monoisotopic (exact) mass is 102 g/mol. The molecule has 3 heteroatoms. The van der Waals surface area contributed by atoms with E-state index in [0.717, 1.165) is 6.61 Å². The van der Waals surface area contributed by atoms with Gasteiger partial charge in [-0.25, -0.2) is 0 Å². The quantitative estimate of drug-likeness (QED) is 0.330. The first-order valence-corrected chi connectivity index (χ1v) is 2.30. The lowest BCUT2D eigenvalue weighted by Gasteiger charge is -2.13. The van der Waals surface area contributed by atoms with Crippen molar-refractivity contribution in [2.24, 2.45) is 11.5 Å². The van der Waals surface area contributed by atoms with Gasteiger partial charge in [0.05, 0.1) is 12.3 Å². The van der Waals surface area contributed by atoms with Crippen molar-refractivity contribution in [3.8, 4) is 0 Å². The number of rotatable bonds is 1. The van der Waals surface area contributed by atoms with Gasteiger partial charge < -0.3 is 16.2 Å². The van der Waals surface area contributed by atoms with Crippen molar-refractivity contribution in [2.45, 2.75) is 18.7 Å². The Bertz CT molecular complexity index is 72.2. The number of nitrogens with two attached hydrogens (primary N) is 2. The molecule has 0 aromatic carbocycles. The average Bonchev–Trinajstić information content (AvgIpc) is 1.99. The number of epoxide rings is 1. The third-order valence-electron chi connectivity index (χ3n) is 1.03. The molecular weight excluding hydrogens is 92.1 g/mol. The van der Waals surface area contributed by atoms with Gasteiger partial charge in [0.2, 0.25) is 0 Å². The molecule has 1 rings (SSSR count). The van der Waals surface area contributed by atoms with Crippen molar-refractivity contribution in [3.63, 3.8) is 0 Å². The molecule has 3 nitrogen and oxygen atoms in total. The predicted molar refractivity (Wildman–Crippen MR) is 26.5 cm³/mol. The maximum Gasteiger partial charge on any atom is 0.112 e. The lowest BCUT2D eigenvalue weighted by molar-refractivity contribution is 0.310. The van der Waals surface area contributed by atoms with Gasteiger partial charge in [-0.3, -0.25) is 0 Å². The molecule has 1 atom stereocenters. The zero-order valence-corrected chi connectivity index (χ0v) is 4.35. The zero-order chi connectivity index (χ0) is 5.49. The van der Waals surface area contributed by atoms with E-state index >= 15 is 0 Å². The fourth-order valence-electron chi connectivity index (χ4n) is 0.407. The Morgan fingerprint density at radius 2 is 2.14 bits per heavy atom. The minimum Gasteiger partial charge on any atom is -0.370 e. The van der Waals surface area contributed by atoms with Crippen LogP contribution in [0.25, 0.3) is 0 Å². The van der Waals surface area contributed by atoms with Crippen LogP contribution in [0.5, 0.6) is 0 Å². The van der Waals surface area contributed by atoms with Crippen LogP contribution in [0, 0.1) is 0 Å². The molecule has 0 spiro atoms. The Hall–Kier alpha value is -0.120. The zero-order valence-electron chi connectivity index (χ0n) is 4.35. The molecule has 0 amide bonds. The second kappa shape index (κ2) is 1.18. The van der Waals surface area contributed by atoms with Crippen molar-refractivity contribution >= 4 is 0 Å². The summed E-state index contributed by atoms with van der Waals surface area (Å²) in [5.74, 6) is 0. The van der Waals surface area contributed by atoms with Crippen LogP contribution in [-0.4, -0.2) is 18.4 Å². The van der Waals surface area contributed by atoms with Gasteiger partial charge in [0, 0.05) is 0 Å². The van der Waals surface area contributed by atoms with E-state index in [1.807, 2.05) is 0 Å². The molecule has 0 aromatic heterocycles. The smallest absolute Gasteiger partial charge is 0.112 e. The molecule has 0 bridgehead atoms. The van der Waals surface area contributed by atoms with Crippen molar-refractivity contribution in [1.29, 1.82) is 0 Å². The SMILES string of the molecule is CC(N)(N)C1CO1. The fourth-order valence-corrected chi connectivity index (χ4v) is 0.407. The molecule has 7 heavy (non-hydrogen) atoms. The molecule has 0 aliphatic carbocycles. The van der Waals surface area contributed by atoms with Crippen molar-refractivity contribution in [3.05, 3.63) is 0 Å². The highest BCUT2D eigenvalue weighted by Crippen LogP contribution is 2.16. The van der Waals surface area contributed by atoms with Crippen LogP contribution in [0.1, 0.15) is 6.92 Å². The third-order valence-corrected chi connectivity index (χ3v) is 1.03. The van der Waals surface area contributed by atoms with Crippen LogP contribution in [-0.2, 0) is 4.74 Å². The van der Waals surface area contributed by atoms with E-state index in [4.69, 9.17) is 16.2 Å². The molecule has 1 saturated heterocycles. The van der Waals surface area contributed by atoms with Crippen molar-refractivity contribution < 1.29 is 4.74 Å². The molecular formula is C4H10N2O. The van der Waals surface area contributed by atoms with Crippen molar-refractivity contribution in [1.82, 2.24) is 0 Å². The first-order valence-electron chi connectivity index (χ1n) is 2.30. The van der Waals surface area contributed by atoms with Gasteiger partial charge in [0.25, 0.3) is 0 Å². The lowest BCUT2D eigenvalue weighted by atomic mass is 10.2. The first-order chi connectivity index (χ1) is 3.11. The van der Waals surface area contributed by atoms with Gasteiger partial charge in [0.15, 0.2) is 0 Å². The highest BCUT2D eigenvalue weighted by atomic mass is 16.6. The van der Waals surface area contributed by atoms with Crippen LogP contribution in [0.3, 0.4) is 0 Å². The Morgan fingerprint density at radius 3 is 2.14 bits per heavy atom. The Morgan fingerprint density at radius 1 is 1.71 bits per heavy atom. The molecule has 1 aliphatic rings. The Labute approximate surface area is 42.6 Å². The van der Waals surface area contributed by atoms with Crippen LogP contribution >= 0.6 is 0 Å². The summed E-state index contributed by atoms with van der Waals surface area (Å²) in [7, 11) is 0. The molecule has 1 heterocycles. The summed E-state index contributed by atoms with van der Waals surface area (Å²) in [5.41, 5.74) is 10.2. The van der Waals surface area contributed by atoms with E-state index in [2.05, 4.69) is 0 Å². The summed E-state index contributed by atoms with van der Waals surface area (Å²) in [6.45, 7) is 2.48. The molecule has 1 aliphatic heterocycles. The maximum absolute atomic E-state index is 5.39. The number of hydrogen-bond acceptors (Lipinski definition) is 3. The predicted octanol–water partition coefficient (Wildman–Crippen LogP) is -0.981. The van der Waals surface area contributed by atoms with E-state index in [1.165, 1.54) is 0 Å². The van der Waals surface area contributed by atoms with Gasteiger partial charge in [-0.2, -0.15) is 0 Å². The van der Waals surface area contributed by atoms with Crippen LogP contribution in [0.4, 0.5) is 0 Å². The van der Waals surface area contributed by atoms with Gasteiger partial charge in [-0.05, 0) is 6.92 Å². The molecule has 0 radical (unpaired) electrons. The third kappa shape index (κ3) is 1.12. The van der Waals surface area contributed by atoms with Gasteiger partial charge in [-0.1, -0.05) is 0 Å². The Kier molecular flexibility index (Phi) is 0.849. The normalized spacial score (nSPS) is 30.4. The van der Waals surface area contributed by atoms with Gasteiger partial charge in [-0.15, -0.1) is 0 Å². The summed E-state index contributed by atoms with van der Waals surface area (Å²) < 4.78 is 4.82. The van der Waals surface area contributed by atoms with E-state index in [-0.39, 0.29) is 6.10 Å². The number of ether oxygens (including phenoxy) is 1. The van der Waals surface area contributed by atoms with E-state index in [0.29, 0.717) is 0 Å². The standard InChI is InChI=1S/C4H10N2O/c1-4(5,6)3-2-7-3/h3H,2,5-6H2,1H3. The molecule has 4 N–H and O–H groups in total. The first kappa shape index (κ1) is 5.03. The summed E-state index contributed by atoms with van der Waals surface area (Å²) in [6, 6.07) is 0. The van der Waals surface area contributed by atoms with E-state index in [9.17, 15) is 0 Å². The van der Waals surface area contributed by atoms with E-state index < -0.39 is 5.66 Å². The maximum atomic E-state index is 5.39. The largest absolute Gasteiger partial charge is 0.370 e. The average molecular weight is 102 g/mol. The molecule has 0 aromatic rings. The summed E-state index contributed by atoms with van der Waals surface area (Å²) in [4.78, 5) is 0. The van der Waals surface area contributed by atoms with Crippen LogP contribution in [0.2, 0.25) is 0 Å². The molecule has 42 valence electrons. The topological polar surface area (TPSA) is 64.6 Å². The molecule has 0 saturated carbocycles. The highest BCUT2D eigenvalue weighted by Gasteiger charge is 2.36. The molecule has 1 fully saturated rings. The van der Waals surface area contributed by atoms with Gasteiger partial charge in [0.1, 0.15) is 6.10 Å². The van der Waals surface area contributed by atoms with Gasteiger partial charge >= 0.3 is 0 Å². The highest BCUT2D eigenvalue weighted by molar-refractivity contribution is 4.89. The fraction of sp³-hybridized carbons (Fsp3) is 1.00. The van der Waals surface area contributed by atoms with E-state index in [1.54, 1.807) is 6.92 Å². The molecule has 1 unspecified atom stereocenters. The van der Waals surface area contributed by atoms with Crippen LogP contribution in [0.15, 0.2) is 0 Å². The lowest BCUT2D eigenvalue weighted by Crippen LogP contribution is -2.51. The summed E-state index contributed by atoms with van der Waals surface area (Å²) in [6.07, 6.45) is 0.104.